The third-order valence-corrected chi connectivity index (χ3v) is 4.13. The van der Waals surface area contributed by atoms with E-state index in [1.807, 2.05) is 18.2 Å². The van der Waals surface area contributed by atoms with E-state index in [9.17, 15) is 9.35 Å². The molecule has 0 aromatic heterocycles. The van der Waals surface area contributed by atoms with Gasteiger partial charge in [0.2, 0.25) is 0 Å². The second-order valence-corrected chi connectivity index (χ2v) is 7.19. The Kier molecular flexibility index (Phi) is 5.55. The number of benzene rings is 1. The number of anilines is 1. The summed E-state index contributed by atoms with van der Waals surface area (Å²) in [6.45, 7) is 8.83. The number of rotatable bonds is 2. The highest BCUT2D eigenvalue weighted by atomic mass is 32.2. The summed E-state index contributed by atoms with van der Waals surface area (Å²) in [4.78, 5) is 14.6. The van der Waals surface area contributed by atoms with E-state index in [-0.39, 0.29) is 0 Å². The third kappa shape index (κ3) is 4.79. The van der Waals surface area contributed by atoms with Gasteiger partial charge in [-0.3, -0.25) is 0 Å². The van der Waals surface area contributed by atoms with Crippen LogP contribution in [0.2, 0.25) is 0 Å². The minimum atomic E-state index is -1.52. The standard InChI is InChI=1S/C15H23N3O3S/c1-15(2,3)21-14(19)17-22(20)13-7-5-4-6-12(13)18-10-8-16-9-11-18/h4-7,16H,8-11H2,1-3H3,(H,17,19,20). The molecule has 1 fully saturated rings. The second kappa shape index (κ2) is 7.21. The van der Waals surface area contributed by atoms with Crippen molar-refractivity contribution in [2.75, 3.05) is 31.1 Å². The zero-order chi connectivity index (χ0) is 16.2. The Bertz CT molecular complexity index is 563. The topological polar surface area (TPSA) is 74.2 Å². The Morgan fingerprint density at radius 2 is 1.95 bits per heavy atom. The lowest BCUT2D eigenvalue weighted by Gasteiger charge is -2.30. The summed E-state index contributed by atoms with van der Waals surface area (Å²) in [5, 5.41) is 3.29. The van der Waals surface area contributed by atoms with E-state index in [0.29, 0.717) is 4.90 Å². The summed E-state index contributed by atoms with van der Waals surface area (Å²) in [7, 11) is -1.52. The van der Waals surface area contributed by atoms with Crippen LogP contribution in [0.4, 0.5) is 10.5 Å². The highest BCUT2D eigenvalue weighted by Crippen LogP contribution is 2.24. The monoisotopic (exact) mass is 325 g/mol. The minimum absolute atomic E-state index is 0.622. The van der Waals surface area contributed by atoms with Crippen LogP contribution >= 0.6 is 0 Å². The maximum Gasteiger partial charge on any atom is 0.442 e. The lowest BCUT2D eigenvalue weighted by Crippen LogP contribution is -2.43. The van der Waals surface area contributed by atoms with E-state index in [1.165, 1.54) is 0 Å². The van der Waals surface area contributed by atoms with Crippen LogP contribution in [0.15, 0.2) is 33.5 Å². The van der Waals surface area contributed by atoms with Crippen LogP contribution in [0.5, 0.6) is 0 Å². The average Bonchev–Trinajstić information content (AvgIpc) is 2.46. The third-order valence-electron chi connectivity index (χ3n) is 3.07. The molecule has 0 bridgehead atoms. The number of ether oxygens (including phenoxy) is 1. The molecule has 1 aromatic rings. The van der Waals surface area contributed by atoms with Gasteiger partial charge < -0.3 is 19.5 Å². The maximum atomic E-state index is 11.8. The molecule has 2 rings (SSSR count). The Labute approximate surface area is 133 Å². The van der Waals surface area contributed by atoms with Crippen molar-refractivity contribution in [3.05, 3.63) is 24.3 Å². The fraction of sp³-hybridized carbons (Fsp3) is 0.533. The number of carbonyl (C=O) groups is 1. The summed E-state index contributed by atoms with van der Waals surface area (Å²) in [5.74, 6) is 0. The molecule has 6 nitrogen and oxygen atoms in total. The van der Waals surface area contributed by atoms with Crippen molar-refractivity contribution in [3.8, 4) is 0 Å². The Morgan fingerprint density at radius 1 is 1.32 bits per heavy atom. The number of carbonyl (C=O) groups excluding carboxylic acids is 1. The van der Waals surface area contributed by atoms with E-state index >= 15 is 0 Å². The smallest absolute Gasteiger partial charge is 0.442 e. The van der Waals surface area contributed by atoms with Crippen LogP contribution < -0.4 is 10.2 Å². The number of piperazine rings is 1. The minimum Gasteiger partial charge on any atom is -0.442 e. The maximum absolute atomic E-state index is 11.8. The molecule has 1 aliphatic rings. The summed E-state index contributed by atoms with van der Waals surface area (Å²) in [5.41, 5.74) is 0.296. The van der Waals surface area contributed by atoms with Gasteiger partial charge in [-0.1, -0.05) is 12.1 Å². The van der Waals surface area contributed by atoms with Crippen LogP contribution in [-0.4, -0.2) is 42.4 Å². The van der Waals surface area contributed by atoms with Gasteiger partial charge in [-0.05, 0) is 32.9 Å². The van der Waals surface area contributed by atoms with Crippen molar-refractivity contribution in [1.29, 1.82) is 0 Å². The van der Waals surface area contributed by atoms with Crippen molar-refractivity contribution in [3.63, 3.8) is 0 Å². The van der Waals surface area contributed by atoms with Gasteiger partial charge in [0.05, 0.1) is 21.6 Å². The number of nitrogens with zero attached hydrogens (tertiary/aromatic N) is 2. The van der Waals surface area contributed by atoms with Gasteiger partial charge in [0.15, 0.2) is 0 Å². The van der Waals surface area contributed by atoms with Crippen molar-refractivity contribution in [1.82, 2.24) is 5.32 Å². The molecular weight excluding hydrogens is 302 g/mol. The number of hydrogen-bond acceptors (Lipinski definition) is 4. The largest absolute Gasteiger partial charge is 0.442 e. The highest BCUT2D eigenvalue weighted by molar-refractivity contribution is 7.82. The van der Waals surface area contributed by atoms with Crippen LogP contribution in [0.25, 0.3) is 0 Å². The van der Waals surface area contributed by atoms with Gasteiger partial charge in [-0.15, -0.1) is 4.36 Å². The lowest BCUT2D eigenvalue weighted by atomic mass is 10.2. The first-order chi connectivity index (χ1) is 10.4. The molecule has 0 spiro atoms. The predicted octanol–water partition coefficient (Wildman–Crippen LogP) is 2.67. The van der Waals surface area contributed by atoms with Crippen molar-refractivity contribution in [2.24, 2.45) is 4.36 Å². The fourth-order valence-electron chi connectivity index (χ4n) is 2.18. The van der Waals surface area contributed by atoms with Crippen LogP contribution in [0.3, 0.4) is 0 Å². The molecule has 1 saturated heterocycles. The average molecular weight is 325 g/mol. The molecule has 2 N–H and O–H groups in total. The van der Waals surface area contributed by atoms with E-state index in [1.54, 1.807) is 26.8 Å². The molecule has 122 valence electrons. The molecule has 22 heavy (non-hydrogen) atoms. The van der Waals surface area contributed by atoms with E-state index in [4.69, 9.17) is 4.74 Å². The van der Waals surface area contributed by atoms with Crippen molar-refractivity contribution >= 4 is 22.8 Å². The molecule has 0 aliphatic carbocycles. The van der Waals surface area contributed by atoms with Crippen LogP contribution in [0, 0.1) is 0 Å². The van der Waals surface area contributed by atoms with E-state index in [2.05, 4.69) is 14.6 Å². The normalized spacial score (nSPS) is 17.4. The van der Waals surface area contributed by atoms with E-state index < -0.39 is 22.7 Å². The highest BCUT2D eigenvalue weighted by Gasteiger charge is 2.19. The first kappa shape index (κ1) is 16.9. The summed E-state index contributed by atoms with van der Waals surface area (Å²) >= 11 is 0. The molecule has 1 unspecified atom stereocenters. The Balaban J connectivity index is 2.22. The molecule has 1 aromatic carbocycles. The summed E-state index contributed by atoms with van der Waals surface area (Å²) in [6, 6.07) is 7.50. The molecule has 7 heteroatoms. The molecule has 1 heterocycles. The van der Waals surface area contributed by atoms with E-state index in [0.717, 1.165) is 31.9 Å². The van der Waals surface area contributed by atoms with Crippen molar-refractivity contribution < 1.29 is 14.1 Å². The number of amides is 1. The zero-order valence-corrected chi connectivity index (χ0v) is 14.0. The first-order valence-electron chi connectivity index (χ1n) is 7.30. The molecule has 1 aliphatic heterocycles. The van der Waals surface area contributed by atoms with Gasteiger partial charge in [0.1, 0.15) is 5.60 Å². The van der Waals surface area contributed by atoms with Crippen LogP contribution in [0.1, 0.15) is 20.8 Å². The number of para-hydroxylation sites is 1. The van der Waals surface area contributed by atoms with Gasteiger partial charge in [0, 0.05) is 26.2 Å². The quantitative estimate of drug-likeness (QED) is 0.874. The predicted molar refractivity (Wildman–Crippen MR) is 88.4 cm³/mol. The summed E-state index contributed by atoms with van der Waals surface area (Å²) < 4.78 is 19.2. The molecule has 0 radical (unpaired) electrons. The zero-order valence-electron chi connectivity index (χ0n) is 13.2. The Morgan fingerprint density at radius 3 is 2.59 bits per heavy atom. The summed E-state index contributed by atoms with van der Waals surface area (Å²) in [6.07, 6.45) is -0.742. The van der Waals surface area contributed by atoms with Crippen LogP contribution in [-0.2, 0) is 15.7 Å². The number of nitrogens with one attached hydrogen (secondary N) is 1. The van der Waals surface area contributed by atoms with Gasteiger partial charge >= 0.3 is 6.09 Å². The van der Waals surface area contributed by atoms with Crippen molar-refractivity contribution in [2.45, 2.75) is 31.3 Å². The van der Waals surface area contributed by atoms with Gasteiger partial charge in [-0.2, -0.15) is 0 Å². The molecular formula is C15H23N3O3S. The number of hydrogen-bond donors (Lipinski definition) is 2. The Hall–Kier alpha value is -1.44. The molecule has 1 amide bonds. The second-order valence-electron chi connectivity index (χ2n) is 6.04. The molecule has 1 atom stereocenters. The van der Waals surface area contributed by atoms with Gasteiger partial charge in [0.25, 0.3) is 0 Å². The molecule has 0 saturated carbocycles. The van der Waals surface area contributed by atoms with Gasteiger partial charge in [-0.25, -0.2) is 4.79 Å². The fourth-order valence-corrected chi connectivity index (χ4v) is 3.04. The SMILES string of the molecule is CC(C)(C)OC(=O)/N=S(\O)c1ccccc1N1CCNCC1. The first-order valence-corrected chi connectivity index (χ1v) is 8.43. The lowest BCUT2D eigenvalue weighted by molar-refractivity contribution is 0.0607.